The molecule has 0 aliphatic carbocycles. The fourth-order valence-corrected chi connectivity index (χ4v) is 2.00. The molecule has 0 bridgehead atoms. The van der Waals surface area contributed by atoms with Gasteiger partial charge < -0.3 is 20.8 Å². The first-order valence-corrected chi connectivity index (χ1v) is 7.04. The molecule has 6 nitrogen and oxygen atoms in total. The maximum Gasteiger partial charge on any atom is 0.211 e. The maximum atomic E-state index is 10.9. The monoisotopic (exact) mass is 324 g/mol. The van der Waals surface area contributed by atoms with E-state index in [-0.39, 0.29) is 11.5 Å². The van der Waals surface area contributed by atoms with Gasteiger partial charge in [0.2, 0.25) is 12.8 Å². The van der Waals surface area contributed by atoms with E-state index in [4.69, 9.17) is 0 Å². The lowest BCUT2D eigenvalue weighted by Crippen LogP contribution is -2.21. The van der Waals surface area contributed by atoms with Gasteiger partial charge in [0.25, 0.3) is 0 Å². The number of aromatic hydroxyl groups is 2. The van der Waals surface area contributed by atoms with Crippen LogP contribution in [0.1, 0.15) is 11.1 Å². The lowest BCUT2D eigenvalue weighted by atomic mass is 10.1. The number of benzene rings is 2. The van der Waals surface area contributed by atoms with Crippen molar-refractivity contribution in [3.05, 3.63) is 71.1 Å². The molecule has 0 fully saturated rings. The zero-order chi connectivity index (χ0) is 17.4. The molecule has 4 N–H and O–H groups in total. The van der Waals surface area contributed by atoms with Crippen LogP contribution >= 0.6 is 0 Å². The Kier molecular flexibility index (Phi) is 5.74. The molecule has 2 aromatic carbocycles. The van der Waals surface area contributed by atoms with Gasteiger partial charge in [0, 0.05) is 0 Å². The molecular weight excluding hydrogens is 308 g/mol. The van der Waals surface area contributed by atoms with Crippen molar-refractivity contribution in [1.29, 1.82) is 0 Å². The Morgan fingerprint density at radius 2 is 1.00 bits per heavy atom. The summed E-state index contributed by atoms with van der Waals surface area (Å²) in [5.74, 6) is 0.255. The van der Waals surface area contributed by atoms with Gasteiger partial charge in [0.15, 0.2) is 0 Å². The third-order valence-electron chi connectivity index (χ3n) is 3.13. The van der Waals surface area contributed by atoms with E-state index >= 15 is 0 Å². The lowest BCUT2D eigenvalue weighted by Gasteiger charge is -2.11. The minimum atomic E-state index is 0.128. The fraction of sp³-hybridized carbons (Fsp3) is 0. The van der Waals surface area contributed by atoms with Gasteiger partial charge in [-0.25, -0.2) is 0 Å². The summed E-state index contributed by atoms with van der Waals surface area (Å²) in [7, 11) is 0. The van der Waals surface area contributed by atoms with Gasteiger partial charge in [-0.2, -0.15) is 0 Å². The highest BCUT2D eigenvalue weighted by Gasteiger charge is 2.05. The highest BCUT2D eigenvalue weighted by atomic mass is 16.3. The smallest absolute Gasteiger partial charge is 0.211 e. The van der Waals surface area contributed by atoms with E-state index in [9.17, 15) is 19.8 Å². The maximum absolute atomic E-state index is 10.9. The molecule has 0 heterocycles. The van der Waals surface area contributed by atoms with Crippen molar-refractivity contribution in [3.63, 3.8) is 0 Å². The van der Waals surface area contributed by atoms with Gasteiger partial charge in [-0.3, -0.25) is 9.59 Å². The molecule has 0 atom stereocenters. The molecule has 0 radical (unpaired) electrons. The Labute approximate surface area is 138 Å². The number of phenols is 2. The molecule has 6 heteroatoms. The van der Waals surface area contributed by atoms with Crippen LogP contribution in [0.2, 0.25) is 0 Å². The van der Waals surface area contributed by atoms with Crippen LogP contribution in [0.25, 0.3) is 12.2 Å². The van der Waals surface area contributed by atoms with Gasteiger partial charge in [0.05, 0.1) is 11.4 Å². The summed E-state index contributed by atoms with van der Waals surface area (Å²) < 4.78 is 0. The van der Waals surface area contributed by atoms with Gasteiger partial charge in [0.1, 0.15) is 11.5 Å². The predicted molar refractivity (Wildman–Crippen MR) is 90.6 cm³/mol. The Morgan fingerprint density at radius 1 is 0.667 bits per heavy atom. The number of hydrogen-bond acceptors (Lipinski definition) is 4. The molecule has 2 rings (SSSR count). The van der Waals surface area contributed by atoms with E-state index in [0.29, 0.717) is 24.2 Å². The quantitative estimate of drug-likeness (QED) is 0.462. The highest BCUT2D eigenvalue weighted by molar-refractivity contribution is 5.72. The van der Waals surface area contributed by atoms with Crippen molar-refractivity contribution in [1.82, 2.24) is 10.6 Å². The van der Waals surface area contributed by atoms with Gasteiger partial charge in [-0.1, -0.05) is 24.3 Å². The second kappa shape index (κ2) is 8.19. The first kappa shape index (κ1) is 16.8. The predicted octanol–water partition coefficient (Wildman–Crippen LogP) is 1.97. The number of phenolic OH excluding ortho intramolecular Hbond substituents is 2. The molecule has 24 heavy (non-hydrogen) atoms. The molecule has 0 aromatic heterocycles. The number of carbonyl (C=O) groups excluding carboxylic acids is 2. The molecule has 122 valence electrons. The Bertz CT molecular complexity index is 695. The van der Waals surface area contributed by atoms with Crippen molar-refractivity contribution >= 4 is 25.0 Å². The standard InChI is InChI=1S/C18H16N2O4/c21-11-19-17(9-13-1-5-15(23)6-2-13)18(20-12-22)10-14-3-7-16(24)8-4-14/h1-12,23-24H,(H,19,21)(H,20,22)/b17-9+,18-10+. The van der Waals surface area contributed by atoms with Gasteiger partial charge >= 0.3 is 0 Å². The van der Waals surface area contributed by atoms with E-state index in [1.807, 2.05) is 0 Å². The fourth-order valence-electron chi connectivity index (χ4n) is 2.00. The summed E-state index contributed by atoms with van der Waals surface area (Å²) in [6, 6.07) is 12.7. The summed E-state index contributed by atoms with van der Waals surface area (Å²) in [6.07, 6.45) is 4.31. The van der Waals surface area contributed by atoms with Crippen molar-refractivity contribution in [3.8, 4) is 11.5 Å². The molecule has 0 spiro atoms. The summed E-state index contributed by atoms with van der Waals surface area (Å²) in [5.41, 5.74) is 2.19. The van der Waals surface area contributed by atoms with Crippen LogP contribution in [-0.2, 0) is 9.59 Å². The minimum Gasteiger partial charge on any atom is -0.508 e. The third-order valence-corrected chi connectivity index (χ3v) is 3.13. The molecule has 0 aliphatic heterocycles. The Hall–Kier alpha value is -3.54. The van der Waals surface area contributed by atoms with Crippen LogP contribution in [0.5, 0.6) is 11.5 Å². The first-order chi connectivity index (χ1) is 11.6. The molecule has 0 saturated carbocycles. The van der Waals surface area contributed by atoms with E-state index in [2.05, 4.69) is 10.6 Å². The van der Waals surface area contributed by atoms with Crippen molar-refractivity contribution < 1.29 is 19.8 Å². The minimum absolute atomic E-state index is 0.128. The largest absolute Gasteiger partial charge is 0.508 e. The Balaban J connectivity index is 2.42. The zero-order valence-electron chi connectivity index (χ0n) is 12.6. The second-order valence-corrected chi connectivity index (χ2v) is 4.82. The van der Waals surface area contributed by atoms with Crippen molar-refractivity contribution in [2.45, 2.75) is 0 Å². The number of carbonyl (C=O) groups is 2. The van der Waals surface area contributed by atoms with Crippen LogP contribution in [0.3, 0.4) is 0 Å². The lowest BCUT2D eigenvalue weighted by molar-refractivity contribution is -0.110. The van der Waals surface area contributed by atoms with E-state index in [0.717, 1.165) is 11.1 Å². The topological polar surface area (TPSA) is 98.7 Å². The summed E-state index contributed by atoms with van der Waals surface area (Å²) >= 11 is 0. The molecule has 0 saturated heterocycles. The molecule has 0 aliphatic rings. The highest BCUT2D eigenvalue weighted by Crippen LogP contribution is 2.17. The molecule has 0 unspecified atom stereocenters. The van der Waals surface area contributed by atoms with Gasteiger partial charge in [-0.15, -0.1) is 0 Å². The summed E-state index contributed by atoms with van der Waals surface area (Å²) in [4.78, 5) is 21.8. The zero-order valence-corrected chi connectivity index (χ0v) is 12.6. The molecule has 2 amide bonds. The van der Waals surface area contributed by atoms with Crippen LogP contribution in [-0.4, -0.2) is 23.0 Å². The number of amides is 2. The van der Waals surface area contributed by atoms with E-state index in [1.165, 1.54) is 24.3 Å². The number of nitrogens with one attached hydrogen (secondary N) is 2. The Morgan fingerprint density at radius 3 is 1.29 bits per heavy atom. The van der Waals surface area contributed by atoms with E-state index < -0.39 is 0 Å². The SMILES string of the molecule is O=CNC(=C/c1ccc(O)cc1)/C(=C\c1ccc(O)cc1)NC=O. The van der Waals surface area contributed by atoms with Crippen molar-refractivity contribution in [2.24, 2.45) is 0 Å². The first-order valence-electron chi connectivity index (χ1n) is 7.04. The summed E-state index contributed by atoms with van der Waals surface area (Å²) in [6.45, 7) is 0. The third kappa shape index (κ3) is 4.74. The van der Waals surface area contributed by atoms with Crippen LogP contribution in [0.15, 0.2) is 59.9 Å². The normalized spacial score (nSPS) is 11.7. The van der Waals surface area contributed by atoms with Crippen LogP contribution in [0.4, 0.5) is 0 Å². The molecular formula is C18H16N2O4. The number of hydrogen-bond donors (Lipinski definition) is 4. The van der Waals surface area contributed by atoms with Crippen molar-refractivity contribution in [2.75, 3.05) is 0 Å². The average molecular weight is 324 g/mol. The number of rotatable bonds is 7. The average Bonchev–Trinajstić information content (AvgIpc) is 2.58. The summed E-state index contributed by atoms with van der Waals surface area (Å²) in [5, 5.41) is 23.7. The van der Waals surface area contributed by atoms with E-state index in [1.54, 1.807) is 36.4 Å². The molecule has 2 aromatic rings. The van der Waals surface area contributed by atoms with Gasteiger partial charge in [-0.05, 0) is 47.5 Å². The van der Waals surface area contributed by atoms with Crippen LogP contribution < -0.4 is 10.6 Å². The van der Waals surface area contributed by atoms with Crippen LogP contribution in [0, 0.1) is 0 Å². The second-order valence-electron chi connectivity index (χ2n) is 4.82.